The number of aromatic nitrogens is 4. The average Bonchev–Trinajstić information content (AvgIpc) is 3.48. The molecule has 0 radical (unpaired) electrons. The number of thioether (sulfide) groups is 1. The monoisotopic (exact) mass is 479 g/mol. The minimum absolute atomic E-state index is 0.109. The zero-order valence-electron chi connectivity index (χ0n) is 16.8. The highest BCUT2D eigenvalue weighted by molar-refractivity contribution is 7.98. The molecule has 0 unspecified atom stereocenters. The number of hydrogen-bond acceptors (Lipinski definition) is 7. The number of alkyl halides is 3. The van der Waals surface area contributed by atoms with E-state index >= 15 is 0 Å². The molecule has 12 heteroatoms. The molecule has 4 rings (SSSR count). The lowest BCUT2D eigenvalue weighted by atomic mass is 10.2. The first kappa shape index (κ1) is 22.1. The summed E-state index contributed by atoms with van der Waals surface area (Å²) in [5, 5.41) is 11.0. The van der Waals surface area contributed by atoms with E-state index in [4.69, 9.17) is 4.42 Å². The Morgan fingerprint density at radius 1 is 1.25 bits per heavy atom. The topological polar surface area (TPSA) is 77.1 Å². The lowest BCUT2D eigenvalue weighted by Crippen LogP contribution is -2.23. The number of carbonyl (C=O) groups is 1. The van der Waals surface area contributed by atoms with E-state index in [-0.39, 0.29) is 5.69 Å². The van der Waals surface area contributed by atoms with Crippen LogP contribution in [0.5, 0.6) is 0 Å². The highest BCUT2D eigenvalue weighted by Gasteiger charge is 2.31. The fraction of sp³-hybridized carbons (Fsp3) is 0.200. The molecule has 3 heterocycles. The van der Waals surface area contributed by atoms with Gasteiger partial charge >= 0.3 is 6.18 Å². The van der Waals surface area contributed by atoms with Crippen molar-refractivity contribution in [2.75, 3.05) is 4.90 Å². The van der Waals surface area contributed by atoms with Gasteiger partial charge in [0, 0.05) is 25.1 Å². The number of carbonyl (C=O) groups excluding carboxylic acids is 1. The number of halogens is 3. The Morgan fingerprint density at radius 2 is 2.06 bits per heavy atom. The van der Waals surface area contributed by atoms with E-state index in [0.29, 0.717) is 33.3 Å². The molecule has 0 aliphatic heterocycles. The Morgan fingerprint density at radius 3 is 2.75 bits per heavy atom. The van der Waals surface area contributed by atoms with Gasteiger partial charge in [0.1, 0.15) is 0 Å². The maximum Gasteiger partial charge on any atom is 0.416 e. The first-order valence-electron chi connectivity index (χ1n) is 9.22. The van der Waals surface area contributed by atoms with E-state index in [2.05, 4.69) is 15.2 Å². The van der Waals surface area contributed by atoms with Crippen molar-refractivity contribution in [1.82, 2.24) is 19.7 Å². The standard InChI is InChI=1S/C20H16F3N5O2S2/c1-12(29)28(15-6-3-5-13(9-15)20(21,22)23)18-24-14(10-31-18)11-32-19-26-25-17(27(19)2)16-7-4-8-30-16/h3-10H,11H2,1-2H3. The van der Waals surface area contributed by atoms with Crippen LogP contribution in [0.1, 0.15) is 18.2 Å². The van der Waals surface area contributed by atoms with Crippen molar-refractivity contribution < 1.29 is 22.4 Å². The Bertz CT molecular complexity index is 1230. The van der Waals surface area contributed by atoms with Crippen LogP contribution in [0.4, 0.5) is 24.0 Å². The Balaban J connectivity index is 1.52. The van der Waals surface area contributed by atoms with Gasteiger partial charge in [-0.05, 0) is 30.3 Å². The summed E-state index contributed by atoms with van der Waals surface area (Å²) in [4.78, 5) is 17.8. The molecule has 0 fully saturated rings. The maximum absolute atomic E-state index is 13.1. The molecular formula is C20H16F3N5O2S2. The van der Waals surface area contributed by atoms with Gasteiger partial charge in [0.2, 0.25) is 5.91 Å². The molecule has 0 aliphatic carbocycles. The van der Waals surface area contributed by atoms with E-state index in [1.54, 1.807) is 28.3 Å². The van der Waals surface area contributed by atoms with Crippen LogP contribution < -0.4 is 4.90 Å². The van der Waals surface area contributed by atoms with Crippen LogP contribution in [-0.2, 0) is 23.8 Å². The van der Waals surface area contributed by atoms with E-state index in [9.17, 15) is 18.0 Å². The molecule has 0 saturated heterocycles. The van der Waals surface area contributed by atoms with Gasteiger partial charge in [0.05, 0.1) is 23.2 Å². The van der Waals surface area contributed by atoms with Crippen molar-refractivity contribution in [2.24, 2.45) is 7.05 Å². The Labute approximate surface area is 188 Å². The molecule has 4 aromatic rings. The van der Waals surface area contributed by atoms with Crippen molar-refractivity contribution in [3.63, 3.8) is 0 Å². The molecule has 0 bridgehead atoms. The summed E-state index contributed by atoms with van der Waals surface area (Å²) in [7, 11) is 1.82. The highest BCUT2D eigenvalue weighted by Crippen LogP contribution is 2.35. The molecular weight excluding hydrogens is 463 g/mol. The average molecular weight is 480 g/mol. The van der Waals surface area contributed by atoms with E-state index < -0.39 is 17.6 Å². The highest BCUT2D eigenvalue weighted by atomic mass is 32.2. The van der Waals surface area contributed by atoms with Crippen molar-refractivity contribution in [3.05, 3.63) is 59.3 Å². The van der Waals surface area contributed by atoms with Gasteiger partial charge in [-0.3, -0.25) is 9.69 Å². The van der Waals surface area contributed by atoms with Crippen LogP contribution in [0, 0.1) is 0 Å². The first-order chi connectivity index (χ1) is 15.2. The lowest BCUT2D eigenvalue weighted by molar-refractivity contribution is -0.137. The van der Waals surface area contributed by atoms with E-state index in [1.165, 1.54) is 47.1 Å². The van der Waals surface area contributed by atoms with Crippen LogP contribution in [0.15, 0.2) is 57.6 Å². The SMILES string of the molecule is CC(=O)N(c1cccc(C(F)(F)F)c1)c1nc(CSc2nnc(-c3ccco3)n2C)cs1. The van der Waals surface area contributed by atoms with Crippen molar-refractivity contribution >= 4 is 39.8 Å². The number of nitrogens with zero attached hydrogens (tertiary/aromatic N) is 5. The first-order valence-corrected chi connectivity index (χ1v) is 11.1. The maximum atomic E-state index is 13.1. The van der Waals surface area contributed by atoms with Gasteiger partial charge in [0.25, 0.3) is 0 Å². The molecule has 0 N–H and O–H groups in total. The quantitative estimate of drug-likeness (QED) is 0.339. The van der Waals surface area contributed by atoms with Crippen LogP contribution in [0.2, 0.25) is 0 Å². The van der Waals surface area contributed by atoms with Crippen molar-refractivity contribution in [1.29, 1.82) is 0 Å². The van der Waals surface area contributed by atoms with Gasteiger partial charge in [-0.15, -0.1) is 21.5 Å². The van der Waals surface area contributed by atoms with E-state index in [0.717, 1.165) is 12.1 Å². The second-order valence-corrected chi connectivity index (χ2v) is 8.43. The number of rotatable bonds is 6. The molecule has 166 valence electrons. The number of furan rings is 1. The fourth-order valence-corrected chi connectivity index (χ4v) is 4.71. The molecule has 1 aromatic carbocycles. The van der Waals surface area contributed by atoms with Crippen molar-refractivity contribution in [2.45, 2.75) is 24.0 Å². The van der Waals surface area contributed by atoms with Crippen LogP contribution >= 0.6 is 23.1 Å². The lowest BCUT2D eigenvalue weighted by Gasteiger charge is -2.19. The predicted molar refractivity (Wildman–Crippen MR) is 115 cm³/mol. The summed E-state index contributed by atoms with van der Waals surface area (Å²) in [6.45, 7) is 1.28. The Kier molecular flexibility index (Phi) is 6.07. The minimum Gasteiger partial charge on any atom is -0.461 e. The third kappa shape index (κ3) is 4.55. The minimum atomic E-state index is -4.51. The molecule has 7 nitrogen and oxygen atoms in total. The van der Waals surface area contributed by atoms with Gasteiger partial charge in [0.15, 0.2) is 21.9 Å². The summed E-state index contributed by atoms with van der Waals surface area (Å²) < 4.78 is 46.4. The van der Waals surface area contributed by atoms with Gasteiger partial charge in [-0.1, -0.05) is 17.8 Å². The predicted octanol–water partition coefficient (Wildman–Crippen LogP) is 5.53. The summed E-state index contributed by atoms with van der Waals surface area (Å²) >= 11 is 2.57. The molecule has 0 atom stereocenters. The zero-order chi connectivity index (χ0) is 22.9. The van der Waals surface area contributed by atoms with Gasteiger partial charge in [-0.2, -0.15) is 13.2 Å². The number of benzene rings is 1. The second-order valence-electron chi connectivity index (χ2n) is 6.66. The summed E-state index contributed by atoms with van der Waals surface area (Å²) in [5.74, 6) is 1.19. The normalized spacial score (nSPS) is 11.7. The zero-order valence-corrected chi connectivity index (χ0v) is 18.5. The van der Waals surface area contributed by atoms with Gasteiger partial charge in [-0.25, -0.2) is 4.98 Å². The third-order valence-electron chi connectivity index (χ3n) is 4.40. The summed E-state index contributed by atoms with van der Waals surface area (Å²) in [6.07, 6.45) is -2.95. The molecule has 0 aliphatic rings. The molecule has 0 saturated carbocycles. The van der Waals surface area contributed by atoms with Crippen LogP contribution in [0.25, 0.3) is 11.6 Å². The molecule has 3 aromatic heterocycles. The molecule has 32 heavy (non-hydrogen) atoms. The fourth-order valence-electron chi connectivity index (χ4n) is 2.91. The number of thiazole rings is 1. The van der Waals surface area contributed by atoms with Gasteiger partial charge < -0.3 is 8.98 Å². The second kappa shape index (κ2) is 8.79. The number of anilines is 2. The summed E-state index contributed by atoms with van der Waals surface area (Å²) in [5.41, 5.74) is -0.0590. The molecule has 1 amide bonds. The Hall–Kier alpha value is -3.12. The van der Waals surface area contributed by atoms with Crippen molar-refractivity contribution in [3.8, 4) is 11.6 Å². The smallest absolute Gasteiger partial charge is 0.416 e. The largest absolute Gasteiger partial charge is 0.461 e. The van der Waals surface area contributed by atoms with Crippen LogP contribution in [-0.4, -0.2) is 25.7 Å². The van der Waals surface area contributed by atoms with E-state index in [1.807, 2.05) is 7.05 Å². The summed E-state index contributed by atoms with van der Waals surface area (Å²) in [6, 6.07) is 8.16. The van der Waals surface area contributed by atoms with Crippen LogP contribution in [0.3, 0.4) is 0 Å². The third-order valence-corrected chi connectivity index (χ3v) is 6.33. The number of hydrogen-bond donors (Lipinski definition) is 0. The number of amides is 1. The molecule has 0 spiro atoms.